The van der Waals surface area contributed by atoms with Crippen molar-refractivity contribution in [3.05, 3.63) is 29.3 Å². The number of fused-ring (bicyclic) bond motifs is 1. The van der Waals surface area contributed by atoms with Gasteiger partial charge in [-0.15, -0.1) is 0 Å². The topological polar surface area (TPSA) is 69.6 Å². The highest BCUT2D eigenvalue weighted by Crippen LogP contribution is 2.30. The van der Waals surface area contributed by atoms with Gasteiger partial charge in [0.1, 0.15) is 11.8 Å². The predicted octanol–water partition coefficient (Wildman–Crippen LogP) is 1.44. The monoisotopic (exact) mass is 221 g/mol. The molecular formula is C12H15NO3. The van der Waals surface area contributed by atoms with E-state index >= 15 is 0 Å². The first-order valence-corrected chi connectivity index (χ1v) is 5.42. The Morgan fingerprint density at radius 2 is 2.31 bits per heavy atom. The van der Waals surface area contributed by atoms with Gasteiger partial charge in [0, 0.05) is 6.04 Å². The third-order valence-electron chi connectivity index (χ3n) is 3.03. The molecule has 86 valence electrons. The van der Waals surface area contributed by atoms with Crippen LogP contribution < -0.4 is 5.32 Å². The molecule has 0 unspecified atom stereocenters. The SMILES string of the molecule is CC[C@H]1N[C@H](C(=O)O)Cc2cc(O)ccc21. The van der Waals surface area contributed by atoms with Crippen molar-refractivity contribution in [1.29, 1.82) is 0 Å². The Hall–Kier alpha value is -1.55. The molecule has 4 heteroatoms. The Morgan fingerprint density at radius 1 is 1.56 bits per heavy atom. The summed E-state index contributed by atoms with van der Waals surface area (Å²) in [4.78, 5) is 11.0. The van der Waals surface area contributed by atoms with Gasteiger partial charge in [0.05, 0.1) is 0 Å². The maximum atomic E-state index is 11.0. The molecule has 3 N–H and O–H groups in total. The van der Waals surface area contributed by atoms with E-state index in [4.69, 9.17) is 5.11 Å². The number of phenols is 1. The van der Waals surface area contributed by atoms with E-state index in [2.05, 4.69) is 5.32 Å². The van der Waals surface area contributed by atoms with Crippen LogP contribution in [0.2, 0.25) is 0 Å². The van der Waals surface area contributed by atoms with Crippen molar-refractivity contribution in [2.45, 2.75) is 31.8 Å². The lowest BCUT2D eigenvalue weighted by atomic mass is 9.89. The van der Waals surface area contributed by atoms with Crippen LogP contribution in [0.25, 0.3) is 0 Å². The maximum absolute atomic E-state index is 11.0. The van der Waals surface area contributed by atoms with E-state index in [1.807, 2.05) is 13.0 Å². The van der Waals surface area contributed by atoms with Crippen LogP contribution >= 0.6 is 0 Å². The van der Waals surface area contributed by atoms with Gasteiger partial charge in [-0.1, -0.05) is 13.0 Å². The third-order valence-corrected chi connectivity index (χ3v) is 3.03. The zero-order valence-corrected chi connectivity index (χ0v) is 9.10. The van der Waals surface area contributed by atoms with Crippen LogP contribution in [0.3, 0.4) is 0 Å². The summed E-state index contributed by atoms with van der Waals surface area (Å²) in [6.45, 7) is 2.01. The van der Waals surface area contributed by atoms with Crippen LogP contribution in [-0.2, 0) is 11.2 Å². The van der Waals surface area contributed by atoms with Crippen molar-refractivity contribution in [1.82, 2.24) is 5.32 Å². The largest absolute Gasteiger partial charge is 0.508 e. The van der Waals surface area contributed by atoms with Gasteiger partial charge in [0.15, 0.2) is 0 Å². The van der Waals surface area contributed by atoms with Gasteiger partial charge in [-0.3, -0.25) is 10.1 Å². The number of benzene rings is 1. The van der Waals surface area contributed by atoms with Gasteiger partial charge < -0.3 is 10.2 Å². The molecule has 0 saturated carbocycles. The molecule has 16 heavy (non-hydrogen) atoms. The molecule has 0 spiro atoms. The highest BCUT2D eigenvalue weighted by atomic mass is 16.4. The van der Waals surface area contributed by atoms with Gasteiger partial charge in [0.25, 0.3) is 0 Å². The van der Waals surface area contributed by atoms with Crippen LogP contribution in [-0.4, -0.2) is 22.2 Å². The Labute approximate surface area is 93.9 Å². The minimum absolute atomic E-state index is 0.0606. The average molecular weight is 221 g/mol. The molecule has 1 aliphatic rings. The van der Waals surface area contributed by atoms with Crippen molar-refractivity contribution in [3.63, 3.8) is 0 Å². The highest BCUT2D eigenvalue weighted by Gasteiger charge is 2.29. The second kappa shape index (κ2) is 4.14. The standard InChI is InChI=1S/C12H15NO3/c1-2-10-9-4-3-8(14)5-7(9)6-11(13-10)12(15)16/h3-5,10-11,13-14H,2,6H2,1H3,(H,15,16)/t10-,11+/m1/s1. The van der Waals surface area contributed by atoms with Gasteiger partial charge in [-0.2, -0.15) is 0 Å². The first-order chi connectivity index (χ1) is 7.61. The van der Waals surface area contributed by atoms with Crippen molar-refractivity contribution in [2.24, 2.45) is 0 Å². The summed E-state index contributed by atoms with van der Waals surface area (Å²) in [7, 11) is 0. The van der Waals surface area contributed by atoms with Crippen LogP contribution in [0, 0.1) is 0 Å². The fourth-order valence-electron chi connectivity index (χ4n) is 2.22. The number of nitrogens with one attached hydrogen (secondary N) is 1. The van der Waals surface area contributed by atoms with Crippen molar-refractivity contribution in [2.75, 3.05) is 0 Å². The number of aromatic hydroxyl groups is 1. The zero-order valence-electron chi connectivity index (χ0n) is 9.10. The molecule has 2 atom stereocenters. The van der Waals surface area contributed by atoms with Crippen molar-refractivity contribution >= 4 is 5.97 Å². The van der Waals surface area contributed by atoms with Crippen LogP contribution in [0.1, 0.15) is 30.5 Å². The summed E-state index contributed by atoms with van der Waals surface area (Å²) in [6.07, 6.45) is 1.26. The molecule has 2 rings (SSSR count). The number of aliphatic carboxylic acids is 1. The molecule has 4 nitrogen and oxygen atoms in total. The van der Waals surface area contributed by atoms with Gasteiger partial charge in [-0.25, -0.2) is 0 Å². The lowest BCUT2D eigenvalue weighted by Crippen LogP contribution is -2.44. The summed E-state index contributed by atoms with van der Waals surface area (Å²) < 4.78 is 0. The normalized spacial score (nSPS) is 23.8. The number of carbonyl (C=O) groups is 1. The third kappa shape index (κ3) is 1.88. The van der Waals surface area contributed by atoms with E-state index in [0.717, 1.165) is 17.5 Å². The summed E-state index contributed by atoms with van der Waals surface area (Å²) in [5.41, 5.74) is 2.02. The van der Waals surface area contributed by atoms with Crippen molar-refractivity contribution < 1.29 is 15.0 Å². The van der Waals surface area contributed by atoms with Gasteiger partial charge >= 0.3 is 5.97 Å². The number of hydrogen-bond donors (Lipinski definition) is 3. The molecule has 0 fully saturated rings. The van der Waals surface area contributed by atoms with Gasteiger partial charge in [-0.05, 0) is 36.1 Å². The molecule has 0 aliphatic carbocycles. The summed E-state index contributed by atoms with van der Waals surface area (Å²) >= 11 is 0. The Morgan fingerprint density at radius 3 is 2.94 bits per heavy atom. The molecule has 0 radical (unpaired) electrons. The lowest BCUT2D eigenvalue weighted by Gasteiger charge is -2.30. The van der Waals surface area contributed by atoms with E-state index in [1.54, 1.807) is 12.1 Å². The second-order valence-corrected chi connectivity index (χ2v) is 4.11. The summed E-state index contributed by atoms with van der Waals surface area (Å²) in [5, 5.41) is 21.5. The van der Waals surface area contributed by atoms with Crippen LogP contribution in [0.15, 0.2) is 18.2 Å². The number of rotatable bonds is 2. The first-order valence-electron chi connectivity index (χ1n) is 5.42. The Bertz CT molecular complexity index is 417. The van der Waals surface area contributed by atoms with Crippen LogP contribution in [0.5, 0.6) is 5.75 Å². The maximum Gasteiger partial charge on any atom is 0.321 e. The molecule has 1 aromatic carbocycles. The van der Waals surface area contributed by atoms with Crippen LogP contribution in [0.4, 0.5) is 0 Å². The predicted molar refractivity (Wildman–Crippen MR) is 59.4 cm³/mol. The van der Waals surface area contributed by atoms with E-state index in [1.165, 1.54) is 0 Å². The fourth-order valence-corrected chi connectivity index (χ4v) is 2.22. The van der Waals surface area contributed by atoms with Gasteiger partial charge in [0.2, 0.25) is 0 Å². The Kier molecular flexibility index (Phi) is 2.83. The second-order valence-electron chi connectivity index (χ2n) is 4.11. The summed E-state index contributed by atoms with van der Waals surface area (Å²) in [6, 6.07) is 4.67. The molecular weight excluding hydrogens is 206 g/mol. The fraction of sp³-hybridized carbons (Fsp3) is 0.417. The Balaban J connectivity index is 2.38. The molecule has 0 bridgehead atoms. The molecule has 0 saturated heterocycles. The quantitative estimate of drug-likeness (QED) is 0.706. The number of carboxylic acids is 1. The molecule has 0 amide bonds. The number of phenolic OH excluding ortho intramolecular Hbond substituents is 1. The minimum atomic E-state index is -0.840. The summed E-state index contributed by atoms with van der Waals surface area (Å²) in [5.74, 6) is -0.646. The molecule has 1 heterocycles. The average Bonchev–Trinajstić information content (AvgIpc) is 2.26. The molecule has 1 aliphatic heterocycles. The van der Waals surface area contributed by atoms with E-state index in [0.29, 0.717) is 6.42 Å². The first kappa shape index (κ1) is 11.0. The molecule has 1 aromatic rings. The minimum Gasteiger partial charge on any atom is -0.508 e. The smallest absolute Gasteiger partial charge is 0.321 e. The zero-order chi connectivity index (χ0) is 11.7. The highest BCUT2D eigenvalue weighted by molar-refractivity contribution is 5.74. The molecule has 0 aromatic heterocycles. The van der Waals surface area contributed by atoms with E-state index in [9.17, 15) is 9.90 Å². The number of carboxylic acid groups (broad SMARTS) is 1. The van der Waals surface area contributed by atoms with Crippen molar-refractivity contribution in [3.8, 4) is 5.75 Å². The van der Waals surface area contributed by atoms with E-state index < -0.39 is 12.0 Å². The number of hydrogen-bond acceptors (Lipinski definition) is 3. The van der Waals surface area contributed by atoms with E-state index in [-0.39, 0.29) is 11.8 Å². The lowest BCUT2D eigenvalue weighted by molar-refractivity contribution is -0.139.